The SMILES string of the molecule is CCOC(=O)CC1CC(OC2CCCCO2)C(COCc2ccccc2)C1CC=O. The van der Waals surface area contributed by atoms with Gasteiger partial charge in [-0.05, 0) is 50.0 Å². The highest BCUT2D eigenvalue weighted by Gasteiger charge is 2.45. The Balaban J connectivity index is 1.67. The minimum absolute atomic E-state index is 0.0382. The number of aldehydes is 1. The predicted molar refractivity (Wildman–Crippen MR) is 112 cm³/mol. The first-order valence-electron chi connectivity index (χ1n) is 11.2. The third-order valence-electron chi connectivity index (χ3n) is 6.16. The zero-order valence-corrected chi connectivity index (χ0v) is 17.9. The zero-order chi connectivity index (χ0) is 21.2. The fraction of sp³-hybridized carbons (Fsp3) is 0.667. The molecule has 3 rings (SSSR count). The third kappa shape index (κ3) is 6.62. The van der Waals surface area contributed by atoms with Crippen LogP contribution in [0.2, 0.25) is 0 Å². The van der Waals surface area contributed by atoms with Crippen molar-refractivity contribution in [2.75, 3.05) is 19.8 Å². The molecule has 1 aromatic rings. The number of ether oxygens (including phenoxy) is 4. The van der Waals surface area contributed by atoms with E-state index in [1.54, 1.807) is 0 Å². The average molecular weight is 419 g/mol. The molecular formula is C24H34O6. The molecule has 1 aliphatic heterocycles. The lowest BCUT2D eigenvalue weighted by Crippen LogP contribution is -2.33. The number of rotatable bonds is 11. The summed E-state index contributed by atoms with van der Waals surface area (Å²) < 4.78 is 23.3. The summed E-state index contributed by atoms with van der Waals surface area (Å²) in [6, 6.07) is 10.0. The Morgan fingerprint density at radius 1 is 1.20 bits per heavy atom. The van der Waals surface area contributed by atoms with E-state index in [-0.39, 0.29) is 36.1 Å². The summed E-state index contributed by atoms with van der Waals surface area (Å²) in [6.45, 7) is 3.90. The molecular weight excluding hydrogens is 384 g/mol. The van der Waals surface area contributed by atoms with E-state index >= 15 is 0 Å². The quantitative estimate of drug-likeness (QED) is 0.401. The molecule has 0 aromatic heterocycles. The van der Waals surface area contributed by atoms with Gasteiger partial charge >= 0.3 is 5.97 Å². The molecule has 6 heteroatoms. The maximum absolute atomic E-state index is 12.1. The van der Waals surface area contributed by atoms with E-state index in [2.05, 4.69) is 0 Å². The van der Waals surface area contributed by atoms with Gasteiger partial charge in [0.05, 0.1) is 25.9 Å². The number of carbonyl (C=O) groups is 2. The van der Waals surface area contributed by atoms with Crippen LogP contribution in [0.5, 0.6) is 0 Å². The molecule has 1 aliphatic carbocycles. The Hall–Kier alpha value is -1.76. The van der Waals surface area contributed by atoms with Crippen molar-refractivity contribution < 1.29 is 28.5 Å². The summed E-state index contributed by atoms with van der Waals surface area (Å²) in [5.41, 5.74) is 1.11. The van der Waals surface area contributed by atoms with Crippen molar-refractivity contribution in [1.29, 1.82) is 0 Å². The average Bonchev–Trinajstić information content (AvgIpc) is 3.06. The first-order chi connectivity index (χ1) is 14.7. The monoisotopic (exact) mass is 418 g/mol. The van der Waals surface area contributed by atoms with E-state index in [9.17, 15) is 9.59 Å². The van der Waals surface area contributed by atoms with Gasteiger partial charge in [0.1, 0.15) is 6.29 Å². The van der Waals surface area contributed by atoms with Crippen LogP contribution in [0.4, 0.5) is 0 Å². The molecule has 1 saturated carbocycles. The maximum atomic E-state index is 12.1. The summed E-state index contributed by atoms with van der Waals surface area (Å²) in [7, 11) is 0. The first kappa shape index (κ1) is 22.9. The maximum Gasteiger partial charge on any atom is 0.306 e. The Morgan fingerprint density at radius 3 is 2.73 bits per heavy atom. The number of esters is 1. The molecule has 0 bridgehead atoms. The second-order valence-corrected chi connectivity index (χ2v) is 8.21. The molecule has 1 saturated heterocycles. The van der Waals surface area contributed by atoms with Gasteiger partial charge < -0.3 is 23.7 Å². The predicted octanol–water partition coefficient (Wildman–Crippen LogP) is 3.91. The molecule has 30 heavy (non-hydrogen) atoms. The van der Waals surface area contributed by atoms with Crippen molar-refractivity contribution in [3.63, 3.8) is 0 Å². The van der Waals surface area contributed by atoms with Crippen LogP contribution in [0.1, 0.15) is 51.0 Å². The Kier molecular flexibility index (Phi) is 9.30. The van der Waals surface area contributed by atoms with E-state index in [1.807, 2.05) is 37.3 Å². The van der Waals surface area contributed by atoms with Gasteiger partial charge in [-0.3, -0.25) is 4.79 Å². The lowest BCUT2D eigenvalue weighted by molar-refractivity contribution is -0.199. The van der Waals surface area contributed by atoms with Crippen molar-refractivity contribution in [3.8, 4) is 0 Å². The summed E-state index contributed by atoms with van der Waals surface area (Å²) >= 11 is 0. The van der Waals surface area contributed by atoms with Gasteiger partial charge in [-0.25, -0.2) is 0 Å². The Labute approximate surface area is 179 Å². The number of carbonyl (C=O) groups excluding carboxylic acids is 2. The van der Waals surface area contributed by atoms with Crippen LogP contribution in [0, 0.1) is 17.8 Å². The van der Waals surface area contributed by atoms with E-state index in [0.717, 1.165) is 44.1 Å². The lowest BCUT2D eigenvalue weighted by atomic mass is 9.85. The Bertz CT molecular complexity index is 642. The number of hydrogen-bond acceptors (Lipinski definition) is 6. The summed E-state index contributed by atoms with van der Waals surface area (Å²) in [5.74, 6) is -0.0785. The molecule has 6 nitrogen and oxygen atoms in total. The second-order valence-electron chi connectivity index (χ2n) is 8.21. The highest BCUT2D eigenvalue weighted by Crippen LogP contribution is 2.44. The van der Waals surface area contributed by atoms with Crippen LogP contribution in [0.25, 0.3) is 0 Å². The van der Waals surface area contributed by atoms with Crippen molar-refractivity contribution in [1.82, 2.24) is 0 Å². The number of benzene rings is 1. The van der Waals surface area contributed by atoms with Crippen LogP contribution >= 0.6 is 0 Å². The fourth-order valence-corrected chi connectivity index (χ4v) is 4.71. The molecule has 1 heterocycles. The highest BCUT2D eigenvalue weighted by molar-refractivity contribution is 5.69. The minimum Gasteiger partial charge on any atom is -0.466 e. The topological polar surface area (TPSA) is 71.1 Å². The van der Waals surface area contributed by atoms with Gasteiger partial charge in [-0.1, -0.05) is 30.3 Å². The standard InChI is InChI=1S/C24H34O6/c1-2-28-23(26)15-19-14-22(30-24-10-6-7-13-29-24)21(20(19)11-12-25)17-27-16-18-8-4-3-5-9-18/h3-5,8-9,12,19-22,24H,2,6-7,10-11,13-17H2,1H3. The van der Waals surface area contributed by atoms with E-state index in [0.29, 0.717) is 32.7 Å². The van der Waals surface area contributed by atoms with Crippen molar-refractivity contribution in [2.24, 2.45) is 17.8 Å². The summed E-state index contributed by atoms with van der Waals surface area (Å²) in [5, 5.41) is 0. The van der Waals surface area contributed by atoms with Crippen LogP contribution in [-0.2, 0) is 35.1 Å². The normalized spacial score (nSPS) is 28.9. The Morgan fingerprint density at radius 2 is 2.03 bits per heavy atom. The van der Waals surface area contributed by atoms with Crippen molar-refractivity contribution in [2.45, 2.75) is 64.4 Å². The number of hydrogen-bond donors (Lipinski definition) is 0. The van der Waals surface area contributed by atoms with E-state index < -0.39 is 0 Å². The van der Waals surface area contributed by atoms with Crippen molar-refractivity contribution in [3.05, 3.63) is 35.9 Å². The molecule has 166 valence electrons. The zero-order valence-electron chi connectivity index (χ0n) is 17.9. The summed E-state index contributed by atoms with van der Waals surface area (Å²) in [6.07, 6.45) is 5.12. The molecule has 2 aliphatic rings. The minimum atomic E-state index is -0.211. The molecule has 0 radical (unpaired) electrons. The smallest absolute Gasteiger partial charge is 0.306 e. The third-order valence-corrected chi connectivity index (χ3v) is 6.16. The lowest BCUT2D eigenvalue weighted by Gasteiger charge is -2.30. The molecule has 5 unspecified atom stereocenters. The van der Waals surface area contributed by atoms with E-state index in [4.69, 9.17) is 18.9 Å². The van der Waals surface area contributed by atoms with Crippen LogP contribution in [-0.4, -0.2) is 44.5 Å². The van der Waals surface area contributed by atoms with Gasteiger partial charge in [-0.2, -0.15) is 0 Å². The second kappa shape index (κ2) is 12.2. The fourth-order valence-electron chi connectivity index (χ4n) is 4.71. The van der Waals surface area contributed by atoms with Gasteiger partial charge in [-0.15, -0.1) is 0 Å². The van der Waals surface area contributed by atoms with Gasteiger partial charge in [0.25, 0.3) is 0 Å². The largest absolute Gasteiger partial charge is 0.466 e. The van der Waals surface area contributed by atoms with Crippen molar-refractivity contribution >= 4 is 12.3 Å². The molecule has 5 atom stereocenters. The van der Waals surface area contributed by atoms with Crippen LogP contribution in [0.15, 0.2) is 30.3 Å². The first-order valence-corrected chi connectivity index (χ1v) is 11.2. The van der Waals surface area contributed by atoms with Gasteiger partial charge in [0.2, 0.25) is 0 Å². The van der Waals surface area contributed by atoms with Gasteiger partial charge in [0, 0.05) is 25.4 Å². The molecule has 1 aromatic carbocycles. The summed E-state index contributed by atoms with van der Waals surface area (Å²) in [4.78, 5) is 23.6. The van der Waals surface area contributed by atoms with Gasteiger partial charge in [0.15, 0.2) is 6.29 Å². The highest BCUT2D eigenvalue weighted by atomic mass is 16.7. The van der Waals surface area contributed by atoms with Crippen LogP contribution < -0.4 is 0 Å². The van der Waals surface area contributed by atoms with Crippen LogP contribution in [0.3, 0.4) is 0 Å². The molecule has 0 N–H and O–H groups in total. The molecule has 0 spiro atoms. The molecule has 2 fully saturated rings. The van der Waals surface area contributed by atoms with E-state index in [1.165, 1.54) is 0 Å². The molecule has 0 amide bonds.